The number of pyridine rings is 1. The number of benzene rings is 3. The Hall–Kier alpha value is -5.61. The Morgan fingerprint density at radius 1 is 0.909 bits per heavy atom. The van der Waals surface area contributed by atoms with Crippen LogP contribution in [0.25, 0.3) is 5.57 Å². The zero-order valence-corrected chi connectivity index (χ0v) is 29.9. The van der Waals surface area contributed by atoms with Gasteiger partial charge >= 0.3 is 18.3 Å². The fraction of sp³-hybridized carbons (Fsp3) is 0.263. The SMILES string of the molecule is CO/C=C(/C(=O)OC)c1ccccc1COc1cccc(C(F)(F)F)n1.OC(Cn1cncn1)(c1ccc(Oc2ccc(Cl)cc2)cc1C(F)(F)F)C1CC1. The lowest BCUT2D eigenvalue weighted by molar-refractivity contribution is -0.142. The Kier molecular flexibility index (Phi) is 12.7. The lowest BCUT2D eigenvalue weighted by Crippen LogP contribution is -2.36. The summed E-state index contributed by atoms with van der Waals surface area (Å²) in [5.41, 5.74) is -2.68. The predicted octanol–water partition coefficient (Wildman–Crippen LogP) is 8.88. The minimum atomic E-state index is -4.67. The van der Waals surface area contributed by atoms with Crippen molar-refractivity contribution in [1.29, 1.82) is 0 Å². The molecule has 1 N–H and O–H groups in total. The number of esters is 1. The Balaban J connectivity index is 0.000000213. The minimum absolute atomic E-state index is 0.0160. The van der Waals surface area contributed by atoms with Gasteiger partial charge < -0.3 is 24.1 Å². The molecule has 17 heteroatoms. The van der Waals surface area contributed by atoms with Gasteiger partial charge in [-0.3, -0.25) is 0 Å². The molecule has 0 aliphatic heterocycles. The van der Waals surface area contributed by atoms with Crippen LogP contribution in [0.1, 0.15) is 40.8 Å². The third-order valence-electron chi connectivity index (χ3n) is 8.27. The van der Waals surface area contributed by atoms with E-state index in [2.05, 4.69) is 15.1 Å². The van der Waals surface area contributed by atoms with Gasteiger partial charge in [0.15, 0.2) is 0 Å². The van der Waals surface area contributed by atoms with Crippen molar-refractivity contribution in [2.75, 3.05) is 14.2 Å². The van der Waals surface area contributed by atoms with E-state index < -0.39 is 35.2 Å². The number of halogens is 7. The molecule has 0 bridgehead atoms. The fourth-order valence-electron chi connectivity index (χ4n) is 5.56. The third kappa shape index (κ3) is 10.5. The average Bonchev–Trinajstić information content (AvgIpc) is 3.91. The van der Waals surface area contributed by atoms with E-state index in [1.165, 1.54) is 62.1 Å². The quantitative estimate of drug-likeness (QED) is 0.0573. The second kappa shape index (κ2) is 17.2. The van der Waals surface area contributed by atoms with Crippen LogP contribution in [0.2, 0.25) is 5.02 Å². The van der Waals surface area contributed by atoms with Crippen LogP contribution >= 0.6 is 11.6 Å². The van der Waals surface area contributed by atoms with Crippen molar-refractivity contribution in [3.8, 4) is 17.4 Å². The second-order valence-corrected chi connectivity index (χ2v) is 12.6. The highest BCUT2D eigenvalue weighted by atomic mass is 35.5. The molecular formula is C38H33ClF6N4O6. The molecule has 5 aromatic rings. The molecular weight excluding hydrogens is 758 g/mol. The van der Waals surface area contributed by atoms with E-state index >= 15 is 0 Å². The number of alkyl halides is 6. The van der Waals surface area contributed by atoms with Gasteiger partial charge in [-0.2, -0.15) is 31.4 Å². The van der Waals surface area contributed by atoms with Crippen LogP contribution in [0.15, 0.2) is 104 Å². The Morgan fingerprint density at radius 2 is 1.62 bits per heavy atom. The maximum atomic E-state index is 13.9. The second-order valence-electron chi connectivity index (χ2n) is 12.1. The molecule has 290 valence electrons. The van der Waals surface area contributed by atoms with Gasteiger partial charge in [0.25, 0.3) is 0 Å². The zero-order valence-electron chi connectivity index (χ0n) is 29.1. The standard InChI is InChI=1S/C20H17ClF3N3O2.C18H16F3NO4/c21-14-3-5-15(6-4-14)29-16-7-8-17(18(9-16)20(22,23)24)19(28,13-1-2-13)10-27-12-25-11-26-27;1-24-11-14(17(23)25-2)13-7-4-3-6-12(13)10-26-16-9-5-8-15(22-16)18(19,20)21/h3-9,11-13,28H,1-2,10H2;3-9,11H,10H2,1-2H3/b;14-11+. The van der Waals surface area contributed by atoms with Crippen LogP contribution < -0.4 is 9.47 Å². The minimum Gasteiger partial charge on any atom is -0.503 e. The molecule has 10 nitrogen and oxygen atoms in total. The maximum Gasteiger partial charge on any atom is 0.433 e. The molecule has 1 atom stereocenters. The Labute approximate surface area is 315 Å². The number of ether oxygens (including phenoxy) is 4. The molecule has 3 aromatic carbocycles. The molecule has 0 amide bonds. The lowest BCUT2D eigenvalue weighted by atomic mass is 9.85. The molecule has 1 unspecified atom stereocenters. The predicted molar refractivity (Wildman–Crippen MR) is 187 cm³/mol. The maximum absolute atomic E-state index is 13.9. The summed E-state index contributed by atoms with van der Waals surface area (Å²) in [5.74, 6) is -0.699. The summed E-state index contributed by atoms with van der Waals surface area (Å²) in [4.78, 5) is 19.2. The number of nitrogens with zero attached hydrogens (tertiary/aromatic N) is 4. The van der Waals surface area contributed by atoms with E-state index in [4.69, 9.17) is 30.5 Å². The molecule has 0 saturated heterocycles. The highest BCUT2D eigenvalue weighted by Crippen LogP contribution is 2.50. The van der Waals surface area contributed by atoms with Crippen LogP contribution in [0.5, 0.6) is 17.4 Å². The largest absolute Gasteiger partial charge is 0.503 e. The van der Waals surface area contributed by atoms with Crippen molar-refractivity contribution in [3.63, 3.8) is 0 Å². The van der Waals surface area contributed by atoms with Crippen LogP contribution in [-0.2, 0) is 45.4 Å². The van der Waals surface area contributed by atoms with Crippen LogP contribution in [0, 0.1) is 5.92 Å². The van der Waals surface area contributed by atoms with E-state index in [-0.39, 0.29) is 41.8 Å². The highest BCUT2D eigenvalue weighted by molar-refractivity contribution is 6.30. The number of hydrogen-bond acceptors (Lipinski definition) is 9. The number of aromatic nitrogens is 4. The van der Waals surface area contributed by atoms with Gasteiger partial charge in [-0.1, -0.05) is 48.0 Å². The number of hydrogen-bond donors (Lipinski definition) is 1. The van der Waals surface area contributed by atoms with Crippen molar-refractivity contribution in [2.45, 2.75) is 43.9 Å². The van der Waals surface area contributed by atoms with Crippen molar-refractivity contribution < 1.29 is 55.2 Å². The monoisotopic (exact) mass is 790 g/mol. The molecule has 55 heavy (non-hydrogen) atoms. The van der Waals surface area contributed by atoms with Crippen LogP contribution in [0.3, 0.4) is 0 Å². The molecule has 1 fully saturated rings. The zero-order chi connectivity index (χ0) is 39.8. The smallest absolute Gasteiger partial charge is 0.433 e. The lowest BCUT2D eigenvalue weighted by Gasteiger charge is -2.31. The average molecular weight is 791 g/mol. The van der Waals surface area contributed by atoms with Crippen molar-refractivity contribution in [2.24, 2.45) is 5.92 Å². The molecule has 1 saturated carbocycles. The van der Waals surface area contributed by atoms with Gasteiger partial charge in [0, 0.05) is 11.1 Å². The van der Waals surface area contributed by atoms with Gasteiger partial charge in [-0.25, -0.2) is 19.4 Å². The number of carbonyl (C=O) groups excluding carboxylic acids is 1. The molecule has 6 rings (SSSR count). The molecule has 2 heterocycles. The highest BCUT2D eigenvalue weighted by Gasteiger charge is 2.50. The third-order valence-corrected chi connectivity index (χ3v) is 8.52. The van der Waals surface area contributed by atoms with Crippen molar-refractivity contribution >= 4 is 23.1 Å². The summed E-state index contributed by atoms with van der Waals surface area (Å²) in [7, 11) is 2.62. The number of rotatable bonds is 12. The van der Waals surface area contributed by atoms with E-state index in [1.807, 2.05) is 0 Å². The van der Waals surface area contributed by atoms with Crippen molar-refractivity contribution in [3.05, 3.63) is 137 Å². The van der Waals surface area contributed by atoms with E-state index in [1.54, 1.807) is 48.5 Å². The van der Waals surface area contributed by atoms with Crippen LogP contribution in [0.4, 0.5) is 26.3 Å². The molecule has 2 aromatic heterocycles. The van der Waals surface area contributed by atoms with Crippen molar-refractivity contribution in [1.82, 2.24) is 19.7 Å². The first kappa shape index (κ1) is 40.6. The Morgan fingerprint density at radius 3 is 2.24 bits per heavy atom. The first-order valence-corrected chi connectivity index (χ1v) is 16.8. The topological polar surface area (TPSA) is 118 Å². The normalized spacial score (nSPS) is 14.3. The molecule has 0 radical (unpaired) electrons. The van der Waals surface area contributed by atoms with Gasteiger partial charge in [-0.15, -0.1) is 0 Å². The first-order chi connectivity index (χ1) is 26.1. The molecule has 1 aliphatic rings. The number of carbonyl (C=O) groups is 1. The summed E-state index contributed by atoms with van der Waals surface area (Å²) in [6, 6.07) is 20.1. The molecule has 0 spiro atoms. The summed E-state index contributed by atoms with van der Waals surface area (Å²) in [6.45, 7) is -0.208. The summed E-state index contributed by atoms with van der Waals surface area (Å²) >= 11 is 5.82. The van der Waals surface area contributed by atoms with E-state index in [9.17, 15) is 36.2 Å². The van der Waals surface area contributed by atoms with Crippen LogP contribution in [-0.4, -0.2) is 45.0 Å². The van der Waals surface area contributed by atoms with Gasteiger partial charge in [0.05, 0.1) is 32.6 Å². The van der Waals surface area contributed by atoms with E-state index in [0.29, 0.717) is 34.7 Å². The number of methoxy groups -OCH3 is 2. The number of aliphatic hydroxyl groups is 1. The van der Waals surface area contributed by atoms with Gasteiger partial charge in [-0.05, 0) is 77.9 Å². The van der Waals surface area contributed by atoms with Gasteiger partial charge in [0.2, 0.25) is 5.88 Å². The molecule has 1 aliphatic carbocycles. The van der Waals surface area contributed by atoms with Gasteiger partial charge in [0.1, 0.15) is 47.6 Å². The first-order valence-electron chi connectivity index (χ1n) is 16.4. The Bertz CT molecular complexity index is 2090. The fourth-order valence-corrected chi connectivity index (χ4v) is 5.68. The summed E-state index contributed by atoms with van der Waals surface area (Å²) in [6.07, 6.45) is -4.06. The van der Waals surface area contributed by atoms with E-state index in [0.717, 1.165) is 12.1 Å². The summed E-state index contributed by atoms with van der Waals surface area (Å²) in [5, 5.41) is 15.7. The summed E-state index contributed by atoms with van der Waals surface area (Å²) < 4.78 is 102.